The van der Waals surface area contributed by atoms with Crippen molar-refractivity contribution in [2.24, 2.45) is 0 Å². The number of phenols is 2. The number of para-hydroxylation sites is 1. The lowest BCUT2D eigenvalue weighted by molar-refractivity contribution is 0.368. The molecule has 0 heterocycles. The van der Waals surface area contributed by atoms with E-state index in [2.05, 4.69) is 5.32 Å². The van der Waals surface area contributed by atoms with Crippen LogP contribution in [0.2, 0.25) is 0 Å². The maximum absolute atomic E-state index is 10.6. The summed E-state index contributed by atoms with van der Waals surface area (Å²) in [6, 6.07) is 16.0. The van der Waals surface area contributed by atoms with Crippen molar-refractivity contribution in [2.75, 3.05) is 7.11 Å². The molecule has 3 N–H and O–H groups in total. The predicted octanol–water partition coefficient (Wildman–Crippen LogP) is 4.29. The highest BCUT2D eigenvalue weighted by atomic mass is 32.1. The van der Waals surface area contributed by atoms with Gasteiger partial charge < -0.3 is 20.3 Å². The van der Waals surface area contributed by atoms with Gasteiger partial charge in [-0.05, 0) is 29.8 Å². The quantitative estimate of drug-likeness (QED) is 0.611. The minimum atomic E-state index is -0.515. The lowest BCUT2D eigenvalue weighted by Gasteiger charge is -2.24. The van der Waals surface area contributed by atoms with Crippen molar-refractivity contribution in [3.8, 4) is 17.2 Å². The fourth-order valence-corrected chi connectivity index (χ4v) is 3.15. The Bertz CT molecular complexity index is 939. The van der Waals surface area contributed by atoms with Crippen LogP contribution in [0.15, 0.2) is 54.6 Å². The monoisotopic (exact) mass is 353 g/mol. The van der Waals surface area contributed by atoms with E-state index in [1.54, 1.807) is 31.2 Å². The molecule has 0 aliphatic rings. The zero-order chi connectivity index (χ0) is 18.0. The second-order valence-corrected chi connectivity index (χ2v) is 6.36. The first kappa shape index (κ1) is 17.0. The summed E-state index contributed by atoms with van der Waals surface area (Å²) in [7, 11) is 1.50. The largest absolute Gasteiger partial charge is 0.508 e. The molecule has 128 valence electrons. The number of hydrogen-bond donors (Lipinski definition) is 3. The summed E-state index contributed by atoms with van der Waals surface area (Å²) in [5, 5.41) is 26.3. The molecule has 3 rings (SSSR count). The minimum absolute atomic E-state index is 0.0195. The van der Waals surface area contributed by atoms with E-state index in [1.165, 1.54) is 7.11 Å². The first-order valence-electron chi connectivity index (χ1n) is 7.86. The van der Waals surface area contributed by atoms with E-state index in [1.807, 2.05) is 30.3 Å². The first-order chi connectivity index (χ1) is 12.0. The molecule has 3 aromatic carbocycles. The van der Waals surface area contributed by atoms with E-state index < -0.39 is 6.04 Å². The molecule has 0 aromatic heterocycles. The van der Waals surface area contributed by atoms with Crippen LogP contribution >= 0.6 is 12.2 Å². The zero-order valence-electron chi connectivity index (χ0n) is 14.0. The molecule has 0 amide bonds. The summed E-state index contributed by atoms with van der Waals surface area (Å²) < 4.78 is 5.22. The van der Waals surface area contributed by atoms with Gasteiger partial charge in [-0.15, -0.1) is 0 Å². The average molecular weight is 353 g/mol. The van der Waals surface area contributed by atoms with Gasteiger partial charge in [0.1, 0.15) is 5.75 Å². The molecule has 0 bridgehead atoms. The molecule has 5 heteroatoms. The fourth-order valence-electron chi connectivity index (χ4n) is 3.03. The van der Waals surface area contributed by atoms with E-state index in [4.69, 9.17) is 17.0 Å². The van der Waals surface area contributed by atoms with Crippen LogP contribution in [0.1, 0.15) is 24.1 Å². The van der Waals surface area contributed by atoms with Crippen molar-refractivity contribution in [3.05, 3.63) is 65.7 Å². The average Bonchev–Trinajstić information content (AvgIpc) is 2.60. The van der Waals surface area contributed by atoms with Crippen LogP contribution in [0.5, 0.6) is 17.2 Å². The topological polar surface area (TPSA) is 61.7 Å². The molecule has 0 saturated heterocycles. The standard InChI is InChI=1S/C20H19NO3S/c1-12(25)21-19(15-8-5-9-17(24-2)20(15)23)18-14-7-4-3-6-13(14)10-11-16(18)22/h3-11,19,22-23H,1-2H3,(H,21,25). The van der Waals surface area contributed by atoms with Gasteiger partial charge in [0.05, 0.1) is 18.1 Å². The third-order valence-corrected chi connectivity index (χ3v) is 4.26. The lowest BCUT2D eigenvalue weighted by Crippen LogP contribution is -2.26. The number of aromatic hydroxyl groups is 2. The maximum Gasteiger partial charge on any atom is 0.163 e. The summed E-state index contributed by atoms with van der Waals surface area (Å²) in [5.41, 5.74) is 1.24. The number of benzene rings is 3. The number of nitrogens with one attached hydrogen (secondary N) is 1. The van der Waals surface area contributed by atoms with Gasteiger partial charge in [0.2, 0.25) is 0 Å². The Labute approximate surface area is 151 Å². The van der Waals surface area contributed by atoms with Gasteiger partial charge in [-0.3, -0.25) is 0 Å². The molecular formula is C20H19NO3S. The third-order valence-electron chi connectivity index (χ3n) is 4.15. The maximum atomic E-state index is 10.6. The van der Waals surface area contributed by atoms with Crippen molar-refractivity contribution in [1.29, 1.82) is 0 Å². The smallest absolute Gasteiger partial charge is 0.163 e. The van der Waals surface area contributed by atoms with Crippen LogP contribution in [0.25, 0.3) is 10.8 Å². The molecule has 4 nitrogen and oxygen atoms in total. The van der Waals surface area contributed by atoms with Crippen molar-refractivity contribution < 1.29 is 14.9 Å². The van der Waals surface area contributed by atoms with E-state index in [0.717, 1.165) is 10.8 Å². The Morgan fingerprint density at radius 1 is 1.04 bits per heavy atom. The Morgan fingerprint density at radius 3 is 2.52 bits per heavy atom. The Morgan fingerprint density at radius 2 is 1.80 bits per heavy atom. The zero-order valence-corrected chi connectivity index (χ0v) is 14.8. The van der Waals surface area contributed by atoms with Gasteiger partial charge in [0, 0.05) is 11.1 Å². The van der Waals surface area contributed by atoms with Crippen LogP contribution < -0.4 is 10.1 Å². The molecule has 3 aromatic rings. The molecule has 1 unspecified atom stereocenters. The number of phenolic OH excluding ortho intramolecular Hbond substituents is 2. The predicted molar refractivity (Wildman–Crippen MR) is 104 cm³/mol. The molecule has 0 aliphatic carbocycles. The second-order valence-electron chi connectivity index (χ2n) is 5.75. The summed E-state index contributed by atoms with van der Waals surface area (Å²) in [6.45, 7) is 1.77. The van der Waals surface area contributed by atoms with Crippen molar-refractivity contribution >= 4 is 28.0 Å². The van der Waals surface area contributed by atoms with Crippen LogP contribution in [-0.2, 0) is 0 Å². The van der Waals surface area contributed by atoms with Crippen LogP contribution in [0.4, 0.5) is 0 Å². The third kappa shape index (κ3) is 3.23. The molecule has 0 radical (unpaired) electrons. The van der Waals surface area contributed by atoms with Gasteiger partial charge in [-0.1, -0.05) is 54.7 Å². The Kier molecular flexibility index (Phi) is 4.76. The number of hydrogen-bond acceptors (Lipinski definition) is 4. The van der Waals surface area contributed by atoms with E-state index in [-0.39, 0.29) is 11.5 Å². The minimum Gasteiger partial charge on any atom is -0.508 e. The van der Waals surface area contributed by atoms with Gasteiger partial charge >= 0.3 is 0 Å². The molecule has 0 fully saturated rings. The fraction of sp³-hybridized carbons (Fsp3) is 0.150. The van der Waals surface area contributed by atoms with Crippen LogP contribution in [0.3, 0.4) is 0 Å². The van der Waals surface area contributed by atoms with Crippen molar-refractivity contribution in [1.82, 2.24) is 5.32 Å². The number of methoxy groups -OCH3 is 1. The number of rotatable bonds is 4. The Balaban J connectivity index is 2.28. The van der Waals surface area contributed by atoms with Crippen molar-refractivity contribution in [3.63, 3.8) is 0 Å². The van der Waals surface area contributed by atoms with E-state index >= 15 is 0 Å². The van der Waals surface area contributed by atoms with Crippen LogP contribution in [-0.4, -0.2) is 22.3 Å². The first-order valence-corrected chi connectivity index (χ1v) is 8.27. The van der Waals surface area contributed by atoms with Crippen molar-refractivity contribution in [2.45, 2.75) is 13.0 Å². The highest BCUT2D eigenvalue weighted by molar-refractivity contribution is 7.80. The van der Waals surface area contributed by atoms with Gasteiger partial charge in [-0.25, -0.2) is 0 Å². The molecule has 0 spiro atoms. The Hall–Kier alpha value is -2.79. The molecule has 0 saturated carbocycles. The number of thiocarbonyl (C=S) groups is 1. The van der Waals surface area contributed by atoms with Gasteiger partial charge in [-0.2, -0.15) is 0 Å². The normalized spacial score (nSPS) is 11.9. The lowest BCUT2D eigenvalue weighted by atomic mass is 9.92. The second kappa shape index (κ2) is 6.99. The van der Waals surface area contributed by atoms with E-state index in [9.17, 15) is 10.2 Å². The molecular weight excluding hydrogens is 334 g/mol. The molecule has 25 heavy (non-hydrogen) atoms. The number of ether oxygens (including phenoxy) is 1. The highest BCUT2D eigenvalue weighted by Gasteiger charge is 2.24. The molecule has 0 aliphatic heterocycles. The summed E-state index contributed by atoms with van der Waals surface area (Å²) in [6.07, 6.45) is 0. The number of fused-ring (bicyclic) bond motifs is 1. The van der Waals surface area contributed by atoms with E-state index in [0.29, 0.717) is 21.9 Å². The summed E-state index contributed by atoms with van der Waals surface area (Å²) in [5.74, 6) is 0.520. The van der Waals surface area contributed by atoms with Gasteiger partial charge in [0.15, 0.2) is 11.5 Å². The highest BCUT2D eigenvalue weighted by Crippen LogP contribution is 2.41. The summed E-state index contributed by atoms with van der Waals surface area (Å²) in [4.78, 5) is 0.555. The summed E-state index contributed by atoms with van der Waals surface area (Å²) >= 11 is 5.24. The van der Waals surface area contributed by atoms with Gasteiger partial charge in [0.25, 0.3) is 0 Å². The molecule has 1 atom stereocenters. The van der Waals surface area contributed by atoms with Crippen LogP contribution in [0, 0.1) is 0 Å². The SMILES string of the molecule is COc1cccc(C(NC(C)=S)c2c(O)ccc3ccccc23)c1O.